The highest BCUT2D eigenvalue weighted by Crippen LogP contribution is 2.05. The van der Waals surface area contributed by atoms with Crippen molar-refractivity contribution in [2.75, 3.05) is 7.05 Å². The van der Waals surface area contributed by atoms with Gasteiger partial charge in [-0.05, 0) is 18.2 Å². The van der Waals surface area contributed by atoms with Crippen LogP contribution in [0.15, 0.2) is 0 Å². The first-order chi connectivity index (χ1) is 6.13. The van der Waals surface area contributed by atoms with Crippen LogP contribution in [0.25, 0.3) is 0 Å². The fourth-order valence-electron chi connectivity index (χ4n) is 1.27. The highest BCUT2D eigenvalue weighted by molar-refractivity contribution is 4.85. The highest BCUT2D eigenvalue weighted by atomic mass is 15.6. The maximum atomic E-state index is 4.14. The van der Waals surface area contributed by atoms with Crippen LogP contribution in [0.4, 0.5) is 0 Å². The van der Waals surface area contributed by atoms with Crippen molar-refractivity contribution in [3.63, 3.8) is 0 Å². The summed E-state index contributed by atoms with van der Waals surface area (Å²) in [6, 6.07) is 0.421. The molecule has 1 rings (SSSR count). The first kappa shape index (κ1) is 10.1. The van der Waals surface area contributed by atoms with Crippen LogP contribution >= 0.6 is 0 Å². The number of nitrogens with one attached hydrogen (secondary N) is 1. The minimum atomic E-state index is 0.421. The first-order valence-corrected chi connectivity index (χ1v) is 4.53. The number of aromatic nitrogens is 4. The van der Waals surface area contributed by atoms with Crippen molar-refractivity contribution >= 4 is 0 Å². The third kappa shape index (κ3) is 2.77. The molecule has 74 valence electrons. The molecule has 0 aliphatic carbocycles. The van der Waals surface area contributed by atoms with Crippen molar-refractivity contribution in [1.29, 1.82) is 0 Å². The van der Waals surface area contributed by atoms with Crippen molar-refractivity contribution in [3.8, 4) is 0 Å². The van der Waals surface area contributed by atoms with Gasteiger partial charge in [0, 0.05) is 12.5 Å². The van der Waals surface area contributed by atoms with Crippen LogP contribution in [0.3, 0.4) is 0 Å². The number of likely N-dealkylation sites (N-methyl/N-ethyl adjacent to an activating group) is 1. The largest absolute Gasteiger partial charge is 0.316 e. The SMILES string of the molecule is CNC(Cc1nnn(C)n1)C(C)C. The molecule has 0 radical (unpaired) electrons. The Hall–Kier alpha value is -0.970. The Morgan fingerprint density at radius 2 is 2.15 bits per heavy atom. The average Bonchev–Trinajstić information content (AvgIpc) is 2.46. The fourth-order valence-corrected chi connectivity index (χ4v) is 1.27. The predicted octanol–water partition coefficient (Wildman–Crippen LogP) is -0.00340. The van der Waals surface area contributed by atoms with Gasteiger partial charge in [-0.1, -0.05) is 13.8 Å². The molecule has 13 heavy (non-hydrogen) atoms. The Bertz CT molecular complexity index is 255. The lowest BCUT2D eigenvalue weighted by molar-refractivity contribution is 0.417. The van der Waals surface area contributed by atoms with Crippen molar-refractivity contribution in [3.05, 3.63) is 5.82 Å². The average molecular weight is 183 g/mol. The van der Waals surface area contributed by atoms with E-state index in [1.165, 1.54) is 4.80 Å². The highest BCUT2D eigenvalue weighted by Gasteiger charge is 2.14. The molecule has 0 aromatic carbocycles. The van der Waals surface area contributed by atoms with E-state index in [-0.39, 0.29) is 0 Å². The second-order valence-corrected chi connectivity index (χ2v) is 3.54. The van der Waals surface area contributed by atoms with Crippen molar-refractivity contribution in [2.45, 2.75) is 26.3 Å². The molecule has 1 N–H and O–H groups in total. The molecule has 0 saturated carbocycles. The zero-order chi connectivity index (χ0) is 9.84. The predicted molar refractivity (Wildman–Crippen MR) is 50.2 cm³/mol. The minimum absolute atomic E-state index is 0.421. The number of rotatable bonds is 4. The van der Waals surface area contributed by atoms with E-state index in [9.17, 15) is 0 Å². The minimum Gasteiger partial charge on any atom is -0.316 e. The molecule has 1 aromatic heterocycles. The summed E-state index contributed by atoms with van der Waals surface area (Å²) < 4.78 is 0. The van der Waals surface area contributed by atoms with E-state index < -0.39 is 0 Å². The van der Waals surface area contributed by atoms with E-state index in [4.69, 9.17) is 0 Å². The van der Waals surface area contributed by atoms with Crippen LogP contribution in [0.1, 0.15) is 19.7 Å². The quantitative estimate of drug-likeness (QED) is 0.713. The zero-order valence-electron chi connectivity index (χ0n) is 8.65. The molecule has 0 bridgehead atoms. The van der Waals surface area contributed by atoms with Gasteiger partial charge in [0.15, 0.2) is 5.82 Å². The topological polar surface area (TPSA) is 55.6 Å². The van der Waals surface area contributed by atoms with Crippen molar-refractivity contribution < 1.29 is 0 Å². The summed E-state index contributed by atoms with van der Waals surface area (Å²) in [5, 5.41) is 15.1. The molecule has 0 aliphatic rings. The lowest BCUT2D eigenvalue weighted by Crippen LogP contribution is -2.33. The molecule has 1 aromatic rings. The van der Waals surface area contributed by atoms with Gasteiger partial charge in [0.05, 0.1) is 7.05 Å². The number of hydrogen-bond acceptors (Lipinski definition) is 4. The fraction of sp³-hybridized carbons (Fsp3) is 0.875. The van der Waals surface area contributed by atoms with E-state index in [1.54, 1.807) is 7.05 Å². The third-order valence-electron chi connectivity index (χ3n) is 2.13. The van der Waals surface area contributed by atoms with Crippen LogP contribution in [-0.4, -0.2) is 33.3 Å². The van der Waals surface area contributed by atoms with Gasteiger partial charge >= 0.3 is 0 Å². The standard InChI is InChI=1S/C8H17N5/c1-6(2)7(9-3)5-8-10-12-13(4)11-8/h6-7,9H,5H2,1-4H3. The summed E-state index contributed by atoms with van der Waals surface area (Å²) in [5.74, 6) is 1.38. The van der Waals surface area contributed by atoms with Gasteiger partial charge in [0.25, 0.3) is 0 Å². The molecule has 5 nitrogen and oxygen atoms in total. The zero-order valence-corrected chi connectivity index (χ0v) is 8.65. The Labute approximate surface area is 78.5 Å². The van der Waals surface area contributed by atoms with Gasteiger partial charge in [-0.25, -0.2) is 0 Å². The Kier molecular flexibility index (Phi) is 3.36. The first-order valence-electron chi connectivity index (χ1n) is 4.53. The van der Waals surface area contributed by atoms with Gasteiger partial charge in [-0.3, -0.25) is 0 Å². The van der Waals surface area contributed by atoms with E-state index in [0.717, 1.165) is 12.2 Å². The molecule has 1 heterocycles. The maximum absolute atomic E-state index is 4.14. The molecule has 5 heteroatoms. The van der Waals surface area contributed by atoms with Crippen LogP contribution in [-0.2, 0) is 13.5 Å². The van der Waals surface area contributed by atoms with Crippen molar-refractivity contribution in [2.24, 2.45) is 13.0 Å². The van der Waals surface area contributed by atoms with Crippen molar-refractivity contribution in [1.82, 2.24) is 25.5 Å². The third-order valence-corrected chi connectivity index (χ3v) is 2.13. The van der Waals surface area contributed by atoms with Crippen LogP contribution in [0.2, 0.25) is 0 Å². The van der Waals surface area contributed by atoms with E-state index in [2.05, 4.69) is 34.6 Å². The molecular weight excluding hydrogens is 166 g/mol. The monoisotopic (exact) mass is 183 g/mol. The van der Waals surface area contributed by atoms with E-state index in [1.807, 2.05) is 7.05 Å². The van der Waals surface area contributed by atoms with E-state index in [0.29, 0.717) is 12.0 Å². The molecule has 0 spiro atoms. The smallest absolute Gasteiger partial charge is 0.176 e. The molecule has 0 saturated heterocycles. The van der Waals surface area contributed by atoms with Crippen LogP contribution in [0.5, 0.6) is 0 Å². The number of tetrazole rings is 1. The Morgan fingerprint density at radius 1 is 1.46 bits per heavy atom. The summed E-state index contributed by atoms with van der Waals surface area (Å²) in [6.07, 6.45) is 0.835. The molecule has 0 fully saturated rings. The summed E-state index contributed by atoms with van der Waals surface area (Å²) in [7, 11) is 3.74. The van der Waals surface area contributed by atoms with Gasteiger partial charge in [0.2, 0.25) is 0 Å². The summed E-state index contributed by atoms with van der Waals surface area (Å²) >= 11 is 0. The number of hydrogen-bond donors (Lipinski definition) is 1. The molecule has 0 aliphatic heterocycles. The molecule has 1 atom stereocenters. The van der Waals surface area contributed by atoms with Gasteiger partial charge in [-0.15, -0.1) is 10.2 Å². The maximum Gasteiger partial charge on any atom is 0.176 e. The summed E-state index contributed by atoms with van der Waals surface area (Å²) in [5.41, 5.74) is 0. The summed E-state index contributed by atoms with van der Waals surface area (Å²) in [4.78, 5) is 1.49. The number of nitrogens with zero attached hydrogens (tertiary/aromatic N) is 4. The second kappa shape index (κ2) is 4.32. The molecule has 0 amide bonds. The molecular formula is C8H17N5. The lowest BCUT2D eigenvalue weighted by atomic mass is 10.0. The van der Waals surface area contributed by atoms with Crippen LogP contribution < -0.4 is 5.32 Å². The van der Waals surface area contributed by atoms with E-state index >= 15 is 0 Å². The Balaban J connectivity index is 2.56. The molecule has 1 unspecified atom stereocenters. The normalized spacial score (nSPS) is 13.6. The van der Waals surface area contributed by atoms with Gasteiger partial charge < -0.3 is 5.32 Å². The second-order valence-electron chi connectivity index (χ2n) is 3.54. The Morgan fingerprint density at radius 3 is 2.54 bits per heavy atom. The summed E-state index contributed by atoms with van der Waals surface area (Å²) in [6.45, 7) is 4.36. The van der Waals surface area contributed by atoms with Gasteiger partial charge in [-0.2, -0.15) is 4.80 Å². The van der Waals surface area contributed by atoms with Gasteiger partial charge in [0.1, 0.15) is 0 Å². The lowest BCUT2D eigenvalue weighted by Gasteiger charge is -2.17. The van der Waals surface area contributed by atoms with Crippen LogP contribution in [0, 0.1) is 5.92 Å². The number of aryl methyl sites for hydroxylation is 1.